The lowest BCUT2D eigenvalue weighted by Gasteiger charge is -2.08. The fourth-order valence-corrected chi connectivity index (χ4v) is 2.56. The number of rotatable bonds is 5. The van der Waals surface area contributed by atoms with Crippen LogP contribution >= 0.6 is 11.3 Å². The molecule has 2 rings (SSSR count). The van der Waals surface area contributed by atoms with E-state index < -0.39 is 0 Å². The molecule has 0 saturated carbocycles. The monoisotopic (exact) mass is 285 g/mol. The highest BCUT2D eigenvalue weighted by Gasteiger charge is 2.05. The van der Waals surface area contributed by atoms with E-state index in [0.29, 0.717) is 13.0 Å². The Hall–Kier alpha value is -2.32. The number of hydrogen-bond donors (Lipinski definition) is 2. The van der Waals surface area contributed by atoms with Gasteiger partial charge in [-0.15, -0.1) is 11.3 Å². The Balaban J connectivity index is 1.97. The first kappa shape index (κ1) is 14.1. The molecule has 0 saturated heterocycles. The van der Waals surface area contributed by atoms with E-state index in [4.69, 9.17) is 5.26 Å². The molecule has 2 aromatic rings. The van der Waals surface area contributed by atoms with E-state index in [0.717, 1.165) is 21.8 Å². The molecule has 0 aliphatic heterocycles. The van der Waals surface area contributed by atoms with Gasteiger partial charge in [-0.2, -0.15) is 5.26 Å². The number of hydrogen-bond acceptors (Lipinski definition) is 4. The van der Waals surface area contributed by atoms with Crippen LogP contribution in [0.1, 0.15) is 17.4 Å². The van der Waals surface area contributed by atoms with Gasteiger partial charge in [0.05, 0.1) is 24.7 Å². The molecule has 2 N–H and O–H groups in total. The van der Waals surface area contributed by atoms with Gasteiger partial charge in [0.15, 0.2) is 0 Å². The third-order valence-electron chi connectivity index (χ3n) is 2.75. The van der Waals surface area contributed by atoms with Crippen molar-refractivity contribution in [2.24, 2.45) is 0 Å². The van der Waals surface area contributed by atoms with Gasteiger partial charge in [0, 0.05) is 17.5 Å². The highest BCUT2D eigenvalue weighted by Crippen LogP contribution is 2.23. The van der Waals surface area contributed by atoms with Crippen LogP contribution in [0.15, 0.2) is 35.7 Å². The molecule has 20 heavy (non-hydrogen) atoms. The van der Waals surface area contributed by atoms with Crippen LogP contribution in [0.25, 0.3) is 0 Å². The number of nitrogens with zero attached hydrogens (tertiary/aromatic N) is 1. The first-order valence-electron chi connectivity index (χ1n) is 6.23. The summed E-state index contributed by atoms with van der Waals surface area (Å²) in [5, 5.41) is 16.7. The third-order valence-corrected chi connectivity index (χ3v) is 3.67. The topological polar surface area (TPSA) is 64.9 Å². The van der Waals surface area contributed by atoms with Crippen LogP contribution in [-0.4, -0.2) is 5.91 Å². The molecule has 1 aromatic carbocycles. The van der Waals surface area contributed by atoms with Gasteiger partial charge < -0.3 is 10.6 Å². The number of amides is 1. The maximum atomic E-state index is 11.1. The minimum atomic E-state index is -0.0643. The molecule has 0 aliphatic rings. The first-order valence-corrected chi connectivity index (χ1v) is 7.10. The van der Waals surface area contributed by atoms with Crippen LogP contribution in [0.3, 0.4) is 0 Å². The van der Waals surface area contributed by atoms with Crippen LogP contribution < -0.4 is 10.6 Å². The van der Waals surface area contributed by atoms with Crippen LogP contribution in [0.2, 0.25) is 0 Å². The van der Waals surface area contributed by atoms with Gasteiger partial charge in [0.2, 0.25) is 5.91 Å². The maximum absolute atomic E-state index is 11.1. The van der Waals surface area contributed by atoms with Crippen LogP contribution in [0.5, 0.6) is 0 Å². The van der Waals surface area contributed by atoms with Crippen molar-refractivity contribution in [3.05, 3.63) is 46.2 Å². The van der Waals surface area contributed by atoms with E-state index in [1.807, 2.05) is 35.7 Å². The quantitative estimate of drug-likeness (QED) is 0.885. The molecule has 1 aromatic heterocycles. The number of nitrogens with one attached hydrogen (secondary N) is 2. The lowest BCUT2D eigenvalue weighted by atomic mass is 10.1. The van der Waals surface area contributed by atoms with Crippen molar-refractivity contribution in [2.45, 2.75) is 19.9 Å². The SMILES string of the molecule is CC(=O)Nc1ccsc1CNc1ccc(CC#N)cc1. The van der Waals surface area contributed by atoms with E-state index in [1.54, 1.807) is 11.3 Å². The minimum Gasteiger partial charge on any atom is -0.380 e. The molecule has 0 bridgehead atoms. The molecule has 0 spiro atoms. The summed E-state index contributed by atoms with van der Waals surface area (Å²) in [5.74, 6) is -0.0643. The van der Waals surface area contributed by atoms with Crippen LogP contribution in [0.4, 0.5) is 11.4 Å². The Labute approximate surface area is 122 Å². The van der Waals surface area contributed by atoms with Gasteiger partial charge in [0.1, 0.15) is 0 Å². The lowest BCUT2D eigenvalue weighted by molar-refractivity contribution is -0.114. The summed E-state index contributed by atoms with van der Waals surface area (Å²) in [6.45, 7) is 2.16. The Morgan fingerprint density at radius 3 is 2.70 bits per heavy atom. The number of thiophene rings is 1. The number of benzene rings is 1. The molecule has 0 radical (unpaired) electrons. The zero-order valence-corrected chi connectivity index (χ0v) is 12.0. The van der Waals surface area contributed by atoms with E-state index in [9.17, 15) is 4.79 Å². The van der Waals surface area contributed by atoms with Crippen LogP contribution in [0, 0.1) is 11.3 Å². The highest BCUT2D eigenvalue weighted by molar-refractivity contribution is 7.10. The van der Waals surface area contributed by atoms with Gasteiger partial charge in [-0.3, -0.25) is 4.79 Å². The molecular formula is C15H15N3OS. The van der Waals surface area contributed by atoms with E-state index in [2.05, 4.69) is 16.7 Å². The molecule has 1 amide bonds. The largest absolute Gasteiger partial charge is 0.380 e. The molecule has 0 unspecified atom stereocenters. The molecule has 0 aliphatic carbocycles. The Kier molecular flexibility index (Phi) is 4.75. The Morgan fingerprint density at radius 1 is 1.30 bits per heavy atom. The van der Waals surface area contributed by atoms with Crippen molar-refractivity contribution < 1.29 is 4.79 Å². The predicted octanol–water partition coefficient (Wildman–Crippen LogP) is 3.38. The Morgan fingerprint density at radius 2 is 2.05 bits per heavy atom. The van der Waals surface area contributed by atoms with Crippen molar-refractivity contribution in [1.82, 2.24) is 0 Å². The van der Waals surface area contributed by atoms with Crippen molar-refractivity contribution in [3.8, 4) is 6.07 Å². The summed E-state index contributed by atoms with van der Waals surface area (Å²) in [5.41, 5.74) is 2.86. The van der Waals surface area contributed by atoms with Crippen molar-refractivity contribution in [3.63, 3.8) is 0 Å². The van der Waals surface area contributed by atoms with Crippen molar-refractivity contribution >= 4 is 28.6 Å². The summed E-state index contributed by atoms with van der Waals surface area (Å²) in [7, 11) is 0. The van der Waals surface area contributed by atoms with Gasteiger partial charge in [-0.05, 0) is 29.1 Å². The van der Waals surface area contributed by atoms with E-state index in [1.165, 1.54) is 6.92 Å². The molecule has 4 nitrogen and oxygen atoms in total. The van der Waals surface area contributed by atoms with Gasteiger partial charge in [0.25, 0.3) is 0 Å². The smallest absolute Gasteiger partial charge is 0.221 e. The maximum Gasteiger partial charge on any atom is 0.221 e. The first-order chi connectivity index (χ1) is 9.69. The highest BCUT2D eigenvalue weighted by atomic mass is 32.1. The van der Waals surface area contributed by atoms with Gasteiger partial charge in [-0.1, -0.05) is 12.1 Å². The van der Waals surface area contributed by atoms with Crippen molar-refractivity contribution in [2.75, 3.05) is 10.6 Å². The normalized spacial score (nSPS) is 9.80. The van der Waals surface area contributed by atoms with Gasteiger partial charge >= 0.3 is 0 Å². The minimum absolute atomic E-state index is 0.0643. The Bertz CT molecular complexity index is 625. The summed E-state index contributed by atoms with van der Waals surface area (Å²) in [4.78, 5) is 12.2. The summed E-state index contributed by atoms with van der Waals surface area (Å²) < 4.78 is 0. The number of carbonyl (C=O) groups excluding carboxylic acids is 1. The predicted molar refractivity (Wildman–Crippen MR) is 81.7 cm³/mol. The second-order valence-electron chi connectivity index (χ2n) is 4.32. The molecular weight excluding hydrogens is 270 g/mol. The van der Waals surface area contributed by atoms with Crippen LogP contribution in [-0.2, 0) is 17.8 Å². The number of carbonyl (C=O) groups is 1. The standard InChI is InChI=1S/C15H15N3OS/c1-11(19)18-14-7-9-20-15(14)10-17-13-4-2-12(3-5-13)6-8-16/h2-5,7,9,17H,6,10H2,1H3,(H,18,19). The average molecular weight is 285 g/mol. The molecule has 0 atom stereocenters. The third kappa shape index (κ3) is 3.84. The number of nitriles is 1. The van der Waals surface area contributed by atoms with E-state index in [-0.39, 0.29) is 5.91 Å². The second-order valence-corrected chi connectivity index (χ2v) is 5.32. The molecule has 1 heterocycles. The summed E-state index contributed by atoms with van der Waals surface area (Å²) in [6.07, 6.45) is 0.428. The molecule has 102 valence electrons. The molecule has 0 fully saturated rings. The average Bonchev–Trinajstić information content (AvgIpc) is 2.85. The summed E-state index contributed by atoms with van der Waals surface area (Å²) in [6, 6.07) is 11.8. The number of anilines is 2. The van der Waals surface area contributed by atoms with Crippen molar-refractivity contribution in [1.29, 1.82) is 5.26 Å². The molecule has 5 heteroatoms. The van der Waals surface area contributed by atoms with Gasteiger partial charge in [-0.25, -0.2) is 0 Å². The van der Waals surface area contributed by atoms with E-state index >= 15 is 0 Å². The summed E-state index contributed by atoms with van der Waals surface area (Å²) >= 11 is 1.60. The zero-order valence-electron chi connectivity index (χ0n) is 11.1. The fraction of sp³-hybridized carbons (Fsp3) is 0.200. The second kappa shape index (κ2) is 6.73. The zero-order chi connectivity index (χ0) is 14.4. The lowest BCUT2D eigenvalue weighted by Crippen LogP contribution is -2.08. The fourth-order valence-electron chi connectivity index (χ4n) is 1.79.